The van der Waals surface area contributed by atoms with Crippen molar-refractivity contribution < 1.29 is 4.79 Å². The Morgan fingerprint density at radius 2 is 1.93 bits per heavy atom. The van der Waals surface area contributed by atoms with Crippen molar-refractivity contribution in [3.8, 4) is 0 Å². The van der Waals surface area contributed by atoms with Gasteiger partial charge in [0.05, 0.1) is 0 Å². The number of rotatable bonds is 9. The molecule has 1 amide bonds. The van der Waals surface area contributed by atoms with E-state index in [2.05, 4.69) is 22.5 Å². The molecule has 4 heteroatoms. The fourth-order valence-corrected chi connectivity index (χ4v) is 1.14. The molecule has 0 aromatic rings. The zero-order valence-electron chi connectivity index (χ0n) is 10.3. The van der Waals surface area contributed by atoms with Gasteiger partial charge in [0.2, 0.25) is 5.91 Å². The Kier molecular flexibility index (Phi) is 9.52. The highest BCUT2D eigenvalue weighted by atomic mass is 16.1. The van der Waals surface area contributed by atoms with Gasteiger partial charge < -0.3 is 15.5 Å². The minimum atomic E-state index is 0.140. The molecule has 0 aromatic heterocycles. The summed E-state index contributed by atoms with van der Waals surface area (Å²) in [7, 11) is 4.00. The fraction of sp³-hybridized carbons (Fsp3) is 0.909. The fourth-order valence-electron chi connectivity index (χ4n) is 1.14. The van der Waals surface area contributed by atoms with Crippen LogP contribution in [0.3, 0.4) is 0 Å². The van der Waals surface area contributed by atoms with Crippen molar-refractivity contribution in [2.24, 2.45) is 0 Å². The van der Waals surface area contributed by atoms with Gasteiger partial charge in [-0.1, -0.05) is 13.3 Å². The van der Waals surface area contributed by atoms with Gasteiger partial charge >= 0.3 is 0 Å². The first-order valence-corrected chi connectivity index (χ1v) is 5.79. The molecule has 0 aromatic carbocycles. The standard InChI is InChI=1S/C11H25N3O/c1-4-5-7-12-8-6-11(15)13-9-10-14(2)3/h12H,4-10H2,1-3H3,(H,13,15). The van der Waals surface area contributed by atoms with Gasteiger partial charge in [-0.25, -0.2) is 0 Å². The third-order valence-corrected chi connectivity index (χ3v) is 2.12. The number of likely N-dealkylation sites (N-methyl/N-ethyl adjacent to an activating group) is 1. The SMILES string of the molecule is CCCCNCCC(=O)NCCN(C)C. The summed E-state index contributed by atoms with van der Waals surface area (Å²) in [6, 6.07) is 0. The van der Waals surface area contributed by atoms with Gasteiger partial charge in [-0.2, -0.15) is 0 Å². The Labute approximate surface area is 93.4 Å². The van der Waals surface area contributed by atoms with Crippen LogP contribution in [0.15, 0.2) is 0 Å². The normalized spacial score (nSPS) is 10.7. The summed E-state index contributed by atoms with van der Waals surface area (Å²) in [5, 5.41) is 6.13. The molecule has 0 fully saturated rings. The third-order valence-electron chi connectivity index (χ3n) is 2.12. The van der Waals surface area contributed by atoms with Crippen LogP contribution < -0.4 is 10.6 Å². The average Bonchev–Trinajstić information content (AvgIpc) is 2.17. The Balaban J connectivity index is 3.19. The summed E-state index contributed by atoms with van der Waals surface area (Å²) < 4.78 is 0. The smallest absolute Gasteiger partial charge is 0.221 e. The lowest BCUT2D eigenvalue weighted by Crippen LogP contribution is -2.33. The molecule has 0 aliphatic rings. The van der Waals surface area contributed by atoms with Crippen molar-refractivity contribution >= 4 is 5.91 Å². The van der Waals surface area contributed by atoms with Crippen molar-refractivity contribution in [1.82, 2.24) is 15.5 Å². The zero-order valence-corrected chi connectivity index (χ0v) is 10.3. The number of nitrogens with one attached hydrogen (secondary N) is 2. The van der Waals surface area contributed by atoms with E-state index in [1.807, 2.05) is 14.1 Å². The van der Waals surface area contributed by atoms with E-state index >= 15 is 0 Å². The van der Waals surface area contributed by atoms with Crippen LogP contribution >= 0.6 is 0 Å². The van der Waals surface area contributed by atoms with Crippen LogP contribution in [0.4, 0.5) is 0 Å². The molecule has 0 saturated carbocycles. The molecule has 0 saturated heterocycles. The van der Waals surface area contributed by atoms with Crippen LogP contribution in [0.25, 0.3) is 0 Å². The number of hydrogen-bond acceptors (Lipinski definition) is 3. The van der Waals surface area contributed by atoms with Gasteiger partial charge in [-0.15, -0.1) is 0 Å². The second-order valence-electron chi connectivity index (χ2n) is 4.01. The molecule has 0 atom stereocenters. The van der Waals surface area contributed by atoms with Gasteiger partial charge in [0.25, 0.3) is 0 Å². The highest BCUT2D eigenvalue weighted by Gasteiger charge is 1.99. The molecule has 15 heavy (non-hydrogen) atoms. The molecule has 0 heterocycles. The highest BCUT2D eigenvalue weighted by molar-refractivity contribution is 5.76. The second kappa shape index (κ2) is 9.93. The van der Waals surface area contributed by atoms with Gasteiger partial charge in [0, 0.05) is 26.1 Å². The Hall–Kier alpha value is -0.610. The van der Waals surface area contributed by atoms with E-state index in [9.17, 15) is 4.79 Å². The molecule has 4 nitrogen and oxygen atoms in total. The summed E-state index contributed by atoms with van der Waals surface area (Å²) in [4.78, 5) is 13.3. The van der Waals surface area contributed by atoms with E-state index in [-0.39, 0.29) is 5.91 Å². The summed E-state index contributed by atoms with van der Waals surface area (Å²) >= 11 is 0. The molecule has 0 unspecified atom stereocenters. The van der Waals surface area contributed by atoms with E-state index in [1.165, 1.54) is 12.8 Å². The van der Waals surface area contributed by atoms with Crippen LogP contribution in [0.5, 0.6) is 0 Å². The molecule has 0 aliphatic carbocycles. The molecule has 90 valence electrons. The molecule has 2 N–H and O–H groups in total. The number of amides is 1. The molecular weight excluding hydrogens is 190 g/mol. The number of nitrogens with zero attached hydrogens (tertiary/aromatic N) is 1. The Bertz CT molecular complexity index is 160. The lowest BCUT2D eigenvalue weighted by molar-refractivity contribution is -0.121. The third kappa shape index (κ3) is 11.3. The van der Waals surface area contributed by atoms with Gasteiger partial charge in [0.15, 0.2) is 0 Å². The van der Waals surface area contributed by atoms with Crippen LogP contribution in [0.2, 0.25) is 0 Å². The predicted molar refractivity (Wildman–Crippen MR) is 64.0 cm³/mol. The van der Waals surface area contributed by atoms with Crippen LogP contribution in [0, 0.1) is 0 Å². The molecule has 0 bridgehead atoms. The van der Waals surface area contributed by atoms with Crippen molar-refractivity contribution in [2.75, 3.05) is 40.3 Å². The van der Waals surface area contributed by atoms with Crippen molar-refractivity contribution in [3.63, 3.8) is 0 Å². The largest absolute Gasteiger partial charge is 0.355 e. The summed E-state index contributed by atoms with van der Waals surface area (Å²) in [5.74, 6) is 0.140. The quantitative estimate of drug-likeness (QED) is 0.549. The van der Waals surface area contributed by atoms with Crippen molar-refractivity contribution in [3.05, 3.63) is 0 Å². The number of carbonyl (C=O) groups excluding carboxylic acids is 1. The van der Waals surface area contributed by atoms with Crippen LogP contribution in [-0.2, 0) is 4.79 Å². The molecule has 0 spiro atoms. The molecular formula is C11H25N3O. The molecule has 0 rings (SSSR count). The Morgan fingerprint density at radius 1 is 1.20 bits per heavy atom. The van der Waals surface area contributed by atoms with E-state index in [0.717, 1.165) is 26.2 Å². The molecule has 0 radical (unpaired) electrons. The van der Waals surface area contributed by atoms with Gasteiger partial charge in [0.1, 0.15) is 0 Å². The maximum atomic E-state index is 11.3. The number of hydrogen-bond donors (Lipinski definition) is 2. The van der Waals surface area contributed by atoms with E-state index < -0.39 is 0 Å². The maximum Gasteiger partial charge on any atom is 0.221 e. The minimum Gasteiger partial charge on any atom is -0.355 e. The zero-order chi connectivity index (χ0) is 11.5. The first-order chi connectivity index (χ1) is 7.16. The topological polar surface area (TPSA) is 44.4 Å². The summed E-state index contributed by atoms with van der Waals surface area (Å²) in [6.07, 6.45) is 2.96. The van der Waals surface area contributed by atoms with E-state index in [1.54, 1.807) is 0 Å². The highest BCUT2D eigenvalue weighted by Crippen LogP contribution is 1.83. The Morgan fingerprint density at radius 3 is 2.53 bits per heavy atom. The maximum absolute atomic E-state index is 11.3. The lowest BCUT2D eigenvalue weighted by atomic mass is 10.3. The first kappa shape index (κ1) is 14.4. The molecule has 0 aliphatic heterocycles. The van der Waals surface area contributed by atoms with Crippen LogP contribution in [0.1, 0.15) is 26.2 Å². The first-order valence-electron chi connectivity index (χ1n) is 5.79. The van der Waals surface area contributed by atoms with E-state index in [4.69, 9.17) is 0 Å². The van der Waals surface area contributed by atoms with Crippen LogP contribution in [-0.4, -0.2) is 51.1 Å². The lowest BCUT2D eigenvalue weighted by Gasteiger charge is -2.10. The summed E-state index contributed by atoms with van der Waals surface area (Å²) in [6.45, 7) is 5.60. The predicted octanol–water partition coefficient (Wildman–Crippen LogP) is 0.444. The van der Waals surface area contributed by atoms with Crippen molar-refractivity contribution in [1.29, 1.82) is 0 Å². The average molecular weight is 215 g/mol. The second-order valence-corrected chi connectivity index (χ2v) is 4.01. The number of unbranched alkanes of at least 4 members (excludes halogenated alkanes) is 1. The minimum absolute atomic E-state index is 0.140. The number of carbonyl (C=O) groups is 1. The monoisotopic (exact) mass is 215 g/mol. The van der Waals surface area contributed by atoms with Gasteiger partial charge in [-0.05, 0) is 27.1 Å². The van der Waals surface area contributed by atoms with E-state index in [0.29, 0.717) is 6.42 Å². The van der Waals surface area contributed by atoms with Crippen molar-refractivity contribution in [2.45, 2.75) is 26.2 Å². The summed E-state index contributed by atoms with van der Waals surface area (Å²) in [5.41, 5.74) is 0. The van der Waals surface area contributed by atoms with Gasteiger partial charge in [-0.3, -0.25) is 4.79 Å².